The summed E-state index contributed by atoms with van der Waals surface area (Å²) in [5.74, 6) is 0.0728. The highest BCUT2D eigenvalue weighted by Gasteiger charge is 2.24. The van der Waals surface area contributed by atoms with E-state index in [0.29, 0.717) is 17.9 Å². The molecule has 0 aliphatic heterocycles. The highest BCUT2D eigenvalue weighted by molar-refractivity contribution is 9.10. The molecule has 1 aromatic rings. The molecule has 0 heterocycles. The molecule has 20 heavy (non-hydrogen) atoms. The van der Waals surface area contributed by atoms with Crippen LogP contribution in [0.15, 0.2) is 16.6 Å². The maximum atomic E-state index is 11.1. The lowest BCUT2D eigenvalue weighted by Crippen LogP contribution is -2.25. The van der Waals surface area contributed by atoms with Crippen molar-refractivity contribution in [2.75, 3.05) is 7.11 Å². The summed E-state index contributed by atoms with van der Waals surface area (Å²) < 4.78 is 12.2. The summed E-state index contributed by atoms with van der Waals surface area (Å²) in [6, 6.07) is 3.76. The van der Waals surface area contributed by atoms with Crippen LogP contribution in [0.1, 0.15) is 31.7 Å². The SMILES string of the molecule is COc1cc(Br)cc(CC(C)C(=O)O)c1OC1CCC1. The fraction of sp³-hybridized carbons (Fsp3) is 0.533. The predicted octanol–water partition coefficient (Wildman–Crippen LogP) is 3.65. The van der Waals surface area contributed by atoms with E-state index in [1.165, 1.54) is 6.42 Å². The molecule has 1 aromatic carbocycles. The summed E-state index contributed by atoms with van der Waals surface area (Å²) in [7, 11) is 1.60. The molecule has 1 unspecified atom stereocenters. The Kier molecular flexibility index (Phi) is 4.91. The summed E-state index contributed by atoms with van der Waals surface area (Å²) in [6.45, 7) is 1.70. The lowest BCUT2D eigenvalue weighted by atomic mass is 9.95. The zero-order chi connectivity index (χ0) is 14.7. The van der Waals surface area contributed by atoms with Crippen molar-refractivity contribution in [3.8, 4) is 11.5 Å². The van der Waals surface area contributed by atoms with Crippen molar-refractivity contribution in [2.24, 2.45) is 5.92 Å². The van der Waals surface area contributed by atoms with Crippen LogP contribution < -0.4 is 9.47 Å². The highest BCUT2D eigenvalue weighted by atomic mass is 79.9. The third-order valence-electron chi connectivity index (χ3n) is 3.60. The Bertz CT molecular complexity index is 497. The standard InChI is InChI=1S/C15H19BrO4/c1-9(15(17)18)6-10-7-11(16)8-13(19-2)14(10)20-12-4-3-5-12/h7-9,12H,3-6H2,1-2H3,(H,17,18). The molecule has 1 fully saturated rings. The molecule has 5 heteroatoms. The number of hydrogen-bond acceptors (Lipinski definition) is 3. The number of methoxy groups -OCH3 is 1. The Morgan fingerprint density at radius 3 is 2.70 bits per heavy atom. The third-order valence-corrected chi connectivity index (χ3v) is 4.06. The van der Waals surface area contributed by atoms with Crippen molar-refractivity contribution in [3.05, 3.63) is 22.2 Å². The van der Waals surface area contributed by atoms with Crippen LogP contribution >= 0.6 is 15.9 Å². The number of benzene rings is 1. The second-order valence-electron chi connectivity index (χ2n) is 5.21. The summed E-state index contributed by atoms with van der Waals surface area (Å²) in [5, 5.41) is 9.09. The lowest BCUT2D eigenvalue weighted by Gasteiger charge is -2.28. The van der Waals surface area contributed by atoms with E-state index in [0.717, 1.165) is 22.9 Å². The van der Waals surface area contributed by atoms with Gasteiger partial charge in [-0.3, -0.25) is 4.79 Å². The van der Waals surface area contributed by atoms with Gasteiger partial charge in [0.05, 0.1) is 19.1 Å². The van der Waals surface area contributed by atoms with E-state index in [-0.39, 0.29) is 6.10 Å². The molecule has 1 atom stereocenters. The zero-order valence-electron chi connectivity index (χ0n) is 11.7. The number of carboxylic acids is 1. The van der Waals surface area contributed by atoms with Crippen molar-refractivity contribution < 1.29 is 19.4 Å². The number of ether oxygens (including phenoxy) is 2. The molecule has 1 N–H and O–H groups in total. The molecule has 0 amide bonds. The molecule has 1 aliphatic carbocycles. The van der Waals surface area contributed by atoms with Crippen molar-refractivity contribution in [1.29, 1.82) is 0 Å². The van der Waals surface area contributed by atoms with Crippen LogP contribution in [-0.2, 0) is 11.2 Å². The van der Waals surface area contributed by atoms with Gasteiger partial charge in [0, 0.05) is 4.47 Å². The van der Waals surface area contributed by atoms with Crippen molar-refractivity contribution in [3.63, 3.8) is 0 Å². The number of aliphatic carboxylic acids is 1. The predicted molar refractivity (Wildman–Crippen MR) is 79.5 cm³/mol. The van der Waals surface area contributed by atoms with Crippen molar-refractivity contribution in [1.82, 2.24) is 0 Å². The van der Waals surface area contributed by atoms with Crippen LogP contribution in [0.3, 0.4) is 0 Å². The van der Waals surface area contributed by atoms with E-state index in [9.17, 15) is 4.79 Å². The van der Waals surface area contributed by atoms with Gasteiger partial charge in [-0.15, -0.1) is 0 Å². The van der Waals surface area contributed by atoms with Crippen LogP contribution in [0, 0.1) is 5.92 Å². The van der Waals surface area contributed by atoms with Crippen LogP contribution in [0.2, 0.25) is 0 Å². The van der Waals surface area contributed by atoms with Crippen LogP contribution in [0.25, 0.3) is 0 Å². The first-order chi connectivity index (χ1) is 9.51. The van der Waals surface area contributed by atoms with Gasteiger partial charge in [-0.2, -0.15) is 0 Å². The molecule has 0 bridgehead atoms. The largest absolute Gasteiger partial charge is 0.493 e. The summed E-state index contributed by atoms with van der Waals surface area (Å²) >= 11 is 3.43. The molecule has 2 rings (SSSR count). The Balaban J connectivity index is 2.30. The van der Waals surface area contributed by atoms with E-state index >= 15 is 0 Å². The highest BCUT2D eigenvalue weighted by Crippen LogP contribution is 2.39. The minimum Gasteiger partial charge on any atom is -0.493 e. The van der Waals surface area contributed by atoms with Crippen LogP contribution in [-0.4, -0.2) is 24.3 Å². The topological polar surface area (TPSA) is 55.8 Å². The van der Waals surface area contributed by atoms with Gasteiger partial charge in [0.15, 0.2) is 11.5 Å². The van der Waals surface area contributed by atoms with Gasteiger partial charge >= 0.3 is 5.97 Å². The summed E-state index contributed by atoms with van der Waals surface area (Å²) in [4.78, 5) is 11.1. The fourth-order valence-electron chi connectivity index (χ4n) is 2.13. The normalized spacial score (nSPS) is 16.4. The van der Waals surface area contributed by atoms with Gasteiger partial charge in [-0.25, -0.2) is 0 Å². The third kappa shape index (κ3) is 3.45. The number of halogens is 1. The second kappa shape index (κ2) is 6.48. The summed E-state index contributed by atoms with van der Waals surface area (Å²) in [6.07, 6.45) is 3.93. The van der Waals surface area contributed by atoms with Gasteiger partial charge in [0.25, 0.3) is 0 Å². The Labute approximate surface area is 127 Å². The van der Waals surface area contributed by atoms with Gasteiger partial charge in [0.2, 0.25) is 0 Å². The molecule has 0 radical (unpaired) electrons. The number of carbonyl (C=O) groups is 1. The quantitative estimate of drug-likeness (QED) is 0.857. The zero-order valence-corrected chi connectivity index (χ0v) is 13.3. The average molecular weight is 343 g/mol. The van der Waals surface area contributed by atoms with E-state index in [4.69, 9.17) is 14.6 Å². The number of rotatable bonds is 6. The van der Waals surface area contributed by atoms with E-state index in [1.54, 1.807) is 14.0 Å². The summed E-state index contributed by atoms with van der Waals surface area (Å²) in [5.41, 5.74) is 0.873. The maximum absolute atomic E-state index is 11.1. The van der Waals surface area contributed by atoms with E-state index in [2.05, 4.69) is 15.9 Å². The van der Waals surface area contributed by atoms with Crippen molar-refractivity contribution >= 4 is 21.9 Å². The molecule has 4 nitrogen and oxygen atoms in total. The first-order valence-electron chi connectivity index (χ1n) is 6.77. The van der Waals surface area contributed by atoms with Gasteiger partial charge in [0.1, 0.15) is 0 Å². The Hall–Kier alpha value is -1.23. The maximum Gasteiger partial charge on any atom is 0.306 e. The smallest absolute Gasteiger partial charge is 0.306 e. The monoisotopic (exact) mass is 342 g/mol. The van der Waals surface area contributed by atoms with Gasteiger partial charge in [-0.05, 0) is 43.4 Å². The molecule has 1 aliphatic rings. The Morgan fingerprint density at radius 1 is 1.50 bits per heavy atom. The molecule has 1 saturated carbocycles. The van der Waals surface area contributed by atoms with Crippen LogP contribution in [0.4, 0.5) is 0 Å². The fourth-order valence-corrected chi connectivity index (χ4v) is 2.62. The first kappa shape index (κ1) is 15.2. The molecule has 0 saturated heterocycles. The van der Waals surface area contributed by atoms with E-state index in [1.807, 2.05) is 12.1 Å². The van der Waals surface area contributed by atoms with Crippen LogP contribution in [0.5, 0.6) is 11.5 Å². The average Bonchev–Trinajstić information content (AvgIpc) is 2.34. The molecule has 0 spiro atoms. The molecular weight excluding hydrogens is 324 g/mol. The second-order valence-corrected chi connectivity index (χ2v) is 6.13. The van der Waals surface area contributed by atoms with Gasteiger partial charge < -0.3 is 14.6 Å². The minimum absolute atomic E-state index is 0.226. The first-order valence-corrected chi connectivity index (χ1v) is 7.56. The minimum atomic E-state index is -0.807. The lowest BCUT2D eigenvalue weighted by molar-refractivity contribution is -0.141. The molecule has 0 aromatic heterocycles. The molecular formula is C15H19BrO4. The van der Waals surface area contributed by atoms with Crippen molar-refractivity contribution in [2.45, 2.75) is 38.7 Å². The van der Waals surface area contributed by atoms with E-state index < -0.39 is 11.9 Å². The number of carboxylic acid groups (broad SMARTS) is 1. The van der Waals surface area contributed by atoms with Gasteiger partial charge in [-0.1, -0.05) is 22.9 Å². The Morgan fingerprint density at radius 2 is 2.20 bits per heavy atom. The molecule has 110 valence electrons. The number of hydrogen-bond donors (Lipinski definition) is 1.